The lowest BCUT2D eigenvalue weighted by Gasteiger charge is -2.46. The highest BCUT2D eigenvalue weighted by atomic mass is 32.2. The average Bonchev–Trinajstić information content (AvgIpc) is 3.14. The number of carbonyl (C=O) groups excluding carboxylic acids is 1. The molecule has 154 valence electrons. The van der Waals surface area contributed by atoms with Crippen LogP contribution in [0.15, 0.2) is 53.4 Å². The molecule has 8 heteroatoms. The number of hydrogen-bond donors (Lipinski definition) is 0. The number of halogens is 1. The van der Waals surface area contributed by atoms with Gasteiger partial charge in [0.05, 0.1) is 17.0 Å². The van der Waals surface area contributed by atoms with Crippen molar-refractivity contribution in [1.82, 2.24) is 9.21 Å². The van der Waals surface area contributed by atoms with Gasteiger partial charge in [0.25, 0.3) is 0 Å². The van der Waals surface area contributed by atoms with Gasteiger partial charge >= 0.3 is 0 Å². The van der Waals surface area contributed by atoms with Crippen LogP contribution in [0.3, 0.4) is 0 Å². The van der Waals surface area contributed by atoms with E-state index in [4.69, 9.17) is 0 Å². The van der Waals surface area contributed by atoms with Crippen molar-refractivity contribution >= 4 is 21.6 Å². The van der Waals surface area contributed by atoms with Crippen molar-refractivity contribution in [3.05, 3.63) is 59.9 Å². The highest BCUT2D eigenvalue weighted by molar-refractivity contribution is 7.89. The molecule has 29 heavy (non-hydrogen) atoms. The summed E-state index contributed by atoms with van der Waals surface area (Å²) in [7, 11) is -1.95. The molecule has 1 spiro atoms. The van der Waals surface area contributed by atoms with Gasteiger partial charge in [0, 0.05) is 25.3 Å². The van der Waals surface area contributed by atoms with E-state index >= 15 is 0 Å². The van der Waals surface area contributed by atoms with Crippen LogP contribution in [0.1, 0.15) is 12.0 Å². The Labute approximate surface area is 170 Å². The molecule has 1 atom stereocenters. The standard InChI is InChI=1S/C21H24FN3O3S/c1-16-8-9-18(12-19(16)22)29(27,28)24-11-10-21(14-24)15-25(20(26)13-23(21)2)17-6-4-3-5-7-17/h3-9,12H,10-11,13-15H2,1-2H3/t21-/m0/s1. The Morgan fingerprint density at radius 2 is 1.79 bits per heavy atom. The van der Waals surface area contributed by atoms with Crippen LogP contribution in [0.5, 0.6) is 0 Å². The predicted octanol–water partition coefficient (Wildman–Crippen LogP) is 2.25. The number of amides is 1. The lowest BCUT2D eigenvalue weighted by atomic mass is 9.92. The molecular weight excluding hydrogens is 393 g/mol. The zero-order chi connectivity index (χ0) is 20.8. The van der Waals surface area contributed by atoms with Gasteiger partial charge in [0.2, 0.25) is 15.9 Å². The highest BCUT2D eigenvalue weighted by Gasteiger charge is 2.50. The maximum absolute atomic E-state index is 14.0. The summed E-state index contributed by atoms with van der Waals surface area (Å²) in [5, 5.41) is 0. The number of carbonyl (C=O) groups is 1. The van der Waals surface area contributed by atoms with Gasteiger partial charge < -0.3 is 4.90 Å². The Hall–Kier alpha value is -2.29. The Morgan fingerprint density at radius 3 is 2.48 bits per heavy atom. The van der Waals surface area contributed by atoms with E-state index in [2.05, 4.69) is 0 Å². The molecule has 0 bridgehead atoms. The first-order valence-corrected chi connectivity index (χ1v) is 11.0. The summed E-state index contributed by atoms with van der Waals surface area (Å²) in [5.74, 6) is -0.540. The van der Waals surface area contributed by atoms with E-state index in [1.165, 1.54) is 16.4 Å². The van der Waals surface area contributed by atoms with Crippen LogP contribution in [0, 0.1) is 12.7 Å². The molecule has 4 rings (SSSR count). The van der Waals surface area contributed by atoms with Crippen LogP contribution in [0.4, 0.5) is 10.1 Å². The fourth-order valence-electron chi connectivity index (χ4n) is 4.15. The Morgan fingerprint density at radius 1 is 1.07 bits per heavy atom. The summed E-state index contributed by atoms with van der Waals surface area (Å²) < 4.78 is 41.6. The Bertz CT molecular complexity index is 1040. The summed E-state index contributed by atoms with van der Waals surface area (Å²) in [6.07, 6.45) is 0.605. The van der Waals surface area contributed by atoms with Crippen molar-refractivity contribution in [2.45, 2.75) is 23.8 Å². The first kappa shape index (κ1) is 20.0. The van der Waals surface area contributed by atoms with Crippen molar-refractivity contribution in [1.29, 1.82) is 0 Å². The summed E-state index contributed by atoms with van der Waals surface area (Å²) in [6, 6.07) is 13.4. The van der Waals surface area contributed by atoms with Crippen molar-refractivity contribution in [2.75, 3.05) is 38.1 Å². The minimum atomic E-state index is -3.81. The van der Waals surface area contributed by atoms with Crippen molar-refractivity contribution in [3.63, 3.8) is 0 Å². The van der Waals surface area contributed by atoms with Crippen molar-refractivity contribution < 1.29 is 17.6 Å². The molecule has 2 aliphatic rings. The fourth-order valence-corrected chi connectivity index (χ4v) is 5.68. The molecule has 2 heterocycles. The minimum absolute atomic E-state index is 0.00811. The number of anilines is 1. The number of hydrogen-bond acceptors (Lipinski definition) is 4. The summed E-state index contributed by atoms with van der Waals surface area (Å²) in [4.78, 5) is 16.3. The van der Waals surface area contributed by atoms with E-state index in [0.717, 1.165) is 11.8 Å². The number of benzene rings is 2. The largest absolute Gasteiger partial charge is 0.309 e. The fraction of sp³-hybridized carbons (Fsp3) is 0.381. The van der Waals surface area contributed by atoms with E-state index in [9.17, 15) is 17.6 Å². The third kappa shape index (κ3) is 3.45. The summed E-state index contributed by atoms with van der Waals surface area (Å²) in [6.45, 7) is 2.84. The second kappa shape index (κ2) is 7.19. The van der Waals surface area contributed by atoms with Gasteiger partial charge in [-0.2, -0.15) is 4.31 Å². The van der Waals surface area contributed by atoms with Crippen LogP contribution in [0.25, 0.3) is 0 Å². The van der Waals surface area contributed by atoms with Gasteiger partial charge in [-0.05, 0) is 50.2 Å². The molecule has 0 aromatic heterocycles. The average molecular weight is 418 g/mol. The lowest BCUT2D eigenvalue weighted by Crippen LogP contribution is -2.64. The molecule has 0 saturated carbocycles. The zero-order valence-corrected chi connectivity index (χ0v) is 17.3. The van der Waals surface area contributed by atoms with E-state index in [1.54, 1.807) is 11.8 Å². The normalized spacial score (nSPS) is 23.8. The van der Waals surface area contributed by atoms with Gasteiger partial charge in [-0.15, -0.1) is 0 Å². The smallest absolute Gasteiger partial charge is 0.243 e. The van der Waals surface area contributed by atoms with E-state index in [-0.39, 0.29) is 23.9 Å². The molecule has 2 aromatic rings. The molecule has 0 aliphatic carbocycles. The third-order valence-electron chi connectivity index (χ3n) is 6.08. The number of aryl methyl sites for hydroxylation is 1. The van der Waals surface area contributed by atoms with Gasteiger partial charge in [0.15, 0.2) is 0 Å². The Balaban J connectivity index is 1.61. The number of likely N-dealkylation sites (N-methyl/N-ethyl adjacent to an activating group) is 1. The van der Waals surface area contributed by atoms with E-state index in [0.29, 0.717) is 25.1 Å². The molecule has 2 aromatic carbocycles. The molecule has 0 N–H and O–H groups in total. The monoisotopic (exact) mass is 417 g/mol. The third-order valence-corrected chi connectivity index (χ3v) is 7.92. The second-order valence-electron chi connectivity index (χ2n) is 7.90. The van der Waals surface area contributed by atoms with Crippen LogP contribution < -0.4 is 4.90 Å². The first-order valence-electron chi connectivity index (χ1n) is 9.56. The lowest BCUT2D eigenvalue weighted by molar-refractivity contribution is -0.123. The number of sulfonamides is 1. The zero-order valence-electron chi connectivity index (χ0n) is 16.5. The van der Waals surface area contributed by atoms with Crippen molar-refractivity contribution in [2.24, 2.45) is 0 Å². The van der Waals surface area contributed by atoms with Gasteiger partial charge in [0.1, 0.15) is 5.82 Å². The van der Waals surface area contributed by atoms with E-state index in [1.807, 2.05) is 42.3 Å². The van der Waals surface area contributed by atoms with Crippen LogP contribution >= 0.6 is 0 Å². The van der Waals surface area contributed by atoms with Crippen LogP contribution in [0.2, 0.25) is 0 Å². The van der Waals surface area contributed by atoms with E-state index < -0.39 is 21.4 Å². The molecule has 2 fully saturated rings. The molecule has 2 saturated heterocycles. The maximum Gasteiger partial charge on any atom is 0.243 e. The summed E-state index contributed by atoms with van der Waals surface area (Å²) in [5.41, 5.74) is 0.748. The minimum Gasteiger partial charge on any atom is -0.309 e. The first-order chi connectivity index (χ1) is 13.7. The quantitative estimate of drug-likeness (QED) is 0.769. The van der Waals surface area contributed by atoms with Crippen molar-refractivity contribution in [3.8, 4) is 0 Å². The SMILES string of the molecule is Cc1ccc(S(=O)(=O)N2CC[C@@]3(CN(c4ccccc4)C(=O)CN3C)C2)cc1F. The number of piperazine rings is 1. The topological polar surface area (TPSA) is 60.9 Å². The van der Waals surface area contributed by atoms with Gasteiger partial charge in [-0.1, -0.05) is 24.3 Å². The highest BCUT2D eigenvalue weighted by Crippen LogP contribution is 2.35. The maximum atomic E-state index is 14.0. The van der Waals surface area contributed by atoms with Crippen LogP contribution in [-0.2, 0) is 14.8 Å². The second-order valence-corrected chi connectivity index (χ2v) is 9.83. The Kier molecular flexibility index (Phi) is 4.96. The molecular formula is C21H24FN3O3S. The van der Waals surface area contributed by atoms with Gasteiger partial charge in [-0.25, -0.2) is 12.8 Å². The van der Waals surface area contributed by atoms with Gasteiger partial charge in [-0.3, -0.25) is 9.69 Å². The molecule has 2 aliphatic heterocycles. The number of nitrogens with zero attached hydrogens (tertiary/aromatic N) is 3. The molecule has 1 amide bonds. The number of rotatable bonds is 3. The van der Waals surface area contributed by atoms with Crippen LogP contribution in [-0.4, -0.2) is 62.3 Å². The molecule has 0 radical (unpaired) electrons. The molecule has 6 nitrogen and oxygen atoms in total. The number of para-hydroxylation sites is 1. The predicted molar refractivity (Wildman–Crippen MR) is 109 cm³/mol. The molecule has 0 unspecified atom stereocenters. The summed E-state index contributed by atoms with van der Waals surface area (Å²) >= 11 is 0.